The number of esters is 2. The summed E-state index contributed by atoms with van der Waals surface area (Å²) in [5, 5.41) is 0. The molecular weight excluding hydrogens is 238 g/mol. The van der Waals surface area contributed by atoms with Crippen LogP contribution in [0.15, 0.2) is 30.3 Å². The third-order valence-electron chi connectivity index (χ3n) is 1.81. The lowest BCUT2D eigenvalue weighted by atomic mass is 10.1. The maximum atomic E-state index is 11.4. The Labute approximate surface area is 105 Å². The van der Waals surface area contributed by atoms with Gasteiger partial charge in [-0.25, -0.2) is 9.59 Å². The number of carbonyl (C=O) groups is 2. The van der Waals surface area contributed by atoms with E-state index in [2.05, 4.69) is 18.2 Å². The fourth-order valence-corrected chi connectivity index (χ4v) is 1.01. The molecule has 1 unspecified atom stereocenters. The molecule has 0 heterocycles. The molecule has 0 fully saturated rings. The van der Waals surface area contributed by atoms with Gasteiger partial charge in [-0.15, -0.1) is 0 Å². The van der Waals surface area contributed by atoms with Gasteiger partial charge in [0.05, 0.1) is 0 Å². The Hall–Kier alpha value is -2.20. The standard InChI is InChI=1S/C12H15NO5/c1-3-7-17-11(15)6-5-10(13-9-14)12(16)18-8-4-2/h3-4,10H,1-2,5-8H2. The van der Waals surface area contributed by atoms with Gasteiger partial charge >= 0.3 is 11.9 Å². The van der Waals surface area contributed by atoms with Crippen molar-refractivity contribution >= 4 is 18.0 Å². The lowest BCUT2D eigenvalue weighted by molar-refractivity contribution is -0.145. The van der Waals surface area contributed by atoms with Crippen molar-refractivity contribution in [2.45, 2.75) is 18.9 Å². The van der Waals surface area contributed by atoms with Gasteiger partial charge in [0.1, 0.15) is 13.2 Å². The van der Waals surface area contributed by atoms with Crippen LogP contribution >= 0.6 is 0 Å². The Balaban J connectivity index is 4.22. The third-order valence-corrected chi connectivity index (χ3v) is 1.81. The molecule has 0 amide bonds. The van der Waals surface area contributed by atoms with Crippen molar-refractivity contribution < 1.29 is 23.9 Å². The van der Waals surface area contributed by atoms with E-state index in [-0.39, 0.29) is 26.1 Å². The molecule has 0 saturated carbocycles. The average molecular weight is 253 g/mol. The number of hydrogen-bond acceptors (Lipinski definition) is 6. The van der Waals surface area contributed by atoms with E-state index in [1.807, 2.05) is 0 Å². The zero-order chi connectivity index (χ0) is 13.8. The van der Waals surface area contributed by atoms with Crippen molar-refractivity contribution in [3.63, 3.8) is 0 Å². The molecule has 0 aliphatic rings. The van der Waals surface area contributed by atoms with E-state index in [9.17, 15) is 14.4 Å². The molecule has 0 aliphatic heterocycles. The second-order valence-corrected chi connectivity index (χ2v) is 3.17. The van der Waals surface area contributed by atoms with E-state index in [0.717, 1.165) is 0 Å². The van der Waals surface area contributed by atoms with Gasteiger partial charge < -0.3 is 9.47 Å². The molecule has 0 N–H and O–H groups in total. The summed E-state index contributed by atoms with van der Waals surface area (Å²) in [6, 6.07) is -1.04. The summed E-state index contributed by atoms with van der Waals surface area (Å²) in [5.74, 6) is -1.20. The number of isocyanates is 1. The van der Waals surface area contributed by atoms with Crippen LogP contribution in [-0.4, -0.2) is 37.3 Å². The van der Waals surface area contributed by atoms with Gasteiger partial charge in [-0.2, -0.15) is 4.99 Å². The zero-order valence-corrected chi connectivity index (χ0v) is 9.96. The summed E-state index contributed by atoms with van der Waals surface area (Å²) in [6.45, 7) is 6.88. The molecule has 18 heavy (non-hydrogen) atoms. The second kappa shape index (κ2) is 9.99. The second-order valence-electron chi connectivity index (χ2n) is 3.17. The fraction of sp³-hybridized carbons (Fsp3) is 0.417. The smallest absolute Gasteiger partial charge is 0.332 e. The molecule has 0 aromatic heterocycles. The first-order valence-corrected chi connectivity index (χ1v) is 5.26. The van der Waals surface area contributed by atoms with Crippen LogP contribution < -0.4 is 0 Å². The molecule has 0 aromatic carbocycles. The molecule has 0 rings (SSSR count). The molecule has 0 saturated heterocycles. The lowest BCUT2D eigenvalue weighted by Gasteiger charge is -2.09. The van der Waals surface area contributed by atoms with Crippen LogP contribution in [0.1, 0.15) is 12.8 Å². The zero-order valence-electron chi connectivity index (χ0n) is 9.96. The largest absolute Gasteiger partial charge is 0.461 e. The minimum absolute atomic E-state index is 0.0185. The predicted molar refractivity (Wildman–Crippen MR) is 63.5 cm³/mol. The van der Waals surface area contributed by atoms with E-state index in [0.29, 0.717) is 0 Å². The van der Waals surface area contributed by atoms with Crippen LogP contribution in [0.4, 0.5) is 0 Å². The van der Waals surface area contributed by atoms with Crippen LogP contribution in [0.5, 0.6) is 0 Å². The number of hydrogen-bond donors (Lipinski definition) is 0. The Bertz CT molecular complexity index is 357. The average Bonchev–Trinajstić information content (AvgIpc) is 2.38. The van der Waals surface area contributed by atoms with Gasteiger partial charge in [0, 0.05) is 6.42 Å². The highest BCUT2D eigenvalue weighted by Gasteiger charge is 2.20. The summed E-state index contributed by atoms with van der Waals surface area (Å²) in [4.78, 5) is 36.0. The van der Waals surface area contributed by atoms with E-state index >= 15 is 0 Å². The van der Waals surface area contributed by atoms with Crippen LogP contribution in [0.3, 0.4) is 0 Å². The summed E-state index contributed by atoms with van der Waals surface area (Å²) in [7, 11) is 0. The highest BCUT2D eigenvalue weighted by atomic mass is 16.5. The third kappa shape index (κ3) is 7.14. The molecule has 0 radical (unpaired) electrons. The maximum Gasteiger partial charge on any atom is 0.332 e. The van der Waals surface area contributed by atoms with Gasteiger partial charge in [-0.3, -0.25) is 4.79 Å². The first-order chi connectivity index (χ1) is 8.65. The molecule has 98 valence electrons. The van der Waals surface area contributed by atoms with E-state index < -0.39 is 18.0 Å². The van der Waals surface area contributed by atoms with Crippen LogP contribution in [-0.2, 0) is 23.9 Å². The van der Waals surface area contributed by atoms with Crippen LogP contribution in [0, 0.1) is 0 Å². The van der Waals surface area contributed by atoms with Crippen molar-refractivity contribution in [2.75, 3.05) is 13.2 Å². The maximum absolute atomic E-state index is 11.4. The molecule has 1 atom stereocenters. The van der Waals surface area contributed by atoms with Crippen molar-refractivity contribution in [2.24, 2.45) is 4.99 Å². The summed E-state index contributed by atoms with van der Waals surface area (Å²) < 4.78 is 9.44. The molecule has 6 heteroatoms. The summed E-state index contributed by atoms with van der Waals surface area (Å²) >= 11 is 0. The minimum atomic E-state index is -1.04. The summed E-state index contributed by atoms with van der Waals surface area (Å²) in [5.41, 5.74) is 0. The monoisotopic (exact) mass is 253 g/mol. The van der Waals surface area contributed by atoms with Crippen LogP contribution in [0.2, 0.25) is 0 Å². The topological polar surface area (TPSA) is 82.0 Å². The quantitative estimate of drug-likeness (QED) is 0.264. The van der Waals surface area contributed by atoms with Crippen molar-refractivity contribution in [1.82, 2.24) is 0 Å². The molecule has 0 bridgehead atoms. The summed E-state index contributed by atoms with van der Waals surface area (Å²) in [6.07, 6.45) is 4.07. The van der Waals surface area contributed by atoms with Crippen molar-refractivity contribution in [3.8, 4) is 0 Å². The number of ether oxygens (including phenoxy) is 2. The first kappa shape index (κ1) is 15.8. The Morgan fingerprint density at radius 2 is 1.83 bits per heavy atom. The van der Waals surface area contributed by atoms with E-state index in [1.165, 1.54) is 18.2 Å². The molecule has 0 spiro atoms. The Morgan fingerprint density at radius 3 is 2.39 bits per heavy atom. The van der Waals surface area contributed by atoms with Gasteiger partial charge in [0.15, 0.2) is 6.04 Å². The molecular formula is C12H15NO5. The lowest BCUT2D eigenvalue weighted by Crippen LogP contribution is -2.23. The normalized spacial score (nSPS) is 10.7. The Kier molecular flexibility index (Phi) is 8.77. The van der Waals surface area contributed by atoms with E-state index in [1.54, 1.807) is 0 Å². The molecule has 0 aromatic rings. The van der Waals surface area contributed by atoms with Crippen LogP contribution in [0.25, 0.3) is 0 Å². The molecule has 6 nitrogen and oxygen atoms in total. The number of nitrogens with zero attached hydrogens (tertiary/aromatic N) is 1. The Morgan fingerprint density at radius 1 is 1.22 bits per heavy atom. The number of aliphatic imine (C=N–C) groups is 1. The van der Waals surface area contributed by atoms with Crippen molar-refractivity contribution in [1.29, 1.82) is 0 Å². The fourth-order valence-electron chi connectivity index (χ4n) is 1.01. The van der Waals surface area contributed by atoms with Crippen molar-refractivity contribution in [3.05, 3.63) is 25.3 Å². The highest BCUT2D eigenvalue weighted by Crippen LogP contribution is 2.05. The van der Waals surface area contributed by atoms with Gasteiger partial charge in [-0.05, 0) is 6.42 Å². The first-order valence-electron chi connectivity index (χ1n) is 5.26. The minimum Gasteiger partial charge on any atom is -0.461 e. The van der Waals surface area contributed by atoms with Gasteiger partial charge in [0.2, 0.25) is 6.08 Å². The highest BCUT2D eigenvalue weighted by molar-refractivity contribution is 5.78. The van der Waals surface area contributed by atoms with Gasteiger partial charge in [0.25, 0.3) is 0 Å². The van der Waals surface area contributed by atoms with E-state index in [4.69, 9.17) is 9.47 Å². The van der Waals surface area contributed by atoms with Gasteiger partial charge in [-0.1, -0.05) is 25.3 Å². The molecule has 0 aliphatic carbocycles. The SMILES string of the molecule is C=CCOC(=O)CCC(N=C=O)C(=O)OCC=C. The number of rotatable bonds is 9. The number of carbonyl (C=O) groups excluding carboxylic acids is 3. The predicted octanol–water partition coefficient (Wildman–Crippen LogP) is 0.929.